The quantitative estimate of drug-likeness (QED) is 0.219. The molecule has 0 heterocycles. The first-order valence-electron chi connectivity index (χ1n) is 5.31. The van der Waals surface area contributed by atoms with E-state index in [1.807, 2.05) is 25.2 Å². The van der Waals surface area contributed by atoms with Crippen LogP contribution in [0.3, 0.4) is 0 Å². The summed E-state index contributed by atoms with van der Waals surface area (Å²) >= 11 is 0. The summed E-state index contributed by atoms with van der Waals surface area (Å²) in [5.41, 5.74) is 0. The molecule has 0 aliphatic carbocycles. The van der Waals surface area contributed by atoms with E-state index in [2.05, 4.69) is 22.5 Å². The second kappa shape index (κ2) is 9.28. The van der Waals surface area contributed by atoms with Crippen molar-refractivity contribution in [3.8, 4) is 6.19 Å². The van der Waals surface area contributed by atoms with E-state index in [-0.39, 0.29) is 0 Å². The fraction of sp³-hybridized carbons (Fsp3) is 0.800. The highest BCUT2D eigenvalue weighted by Crippen LogP contribution is 1.90. The molecule has 0 amide bonds. The third-order valence-electron chi connectivity index (χ3n) is 2.00. The zero-order chi connectivity index (χ0) is 11.5. The van der Waals surface area contributed by atoms with Crippen LogP contribution in [-0.4, -0.2) is 44.6 Å². The van der Waals surface area contributed by atoms with Gasteiger partial charge in [-0.25, -0.2) is 0 Å². The lowest BCUT2D eigenvalue weighted by atomic mass is 10.3. The Kier molecular flexibility index (Phi) is 8.49. The molecule has 0 aromatic rings. The zero-order valence-electron chi connectivity index (χ0n) is 9.88. The molecule has 0 aromatic heterocycles. The molecule has 0 aliphatic rings. The standard InChI is InChI=1S/C10H21N5/c1-4-5-6-13-10(14-9-11)15(3)8-7-12-2/h12H,4-8H2,1-3H3,(H,13,14). The Morgan fingerprint density at radius 3 is 2.80 bits per heavy atom. The van der Waals surface area contributed by atoms with Crippen molar-refractivity contribution in [3.05, 3.63) is 0 Å². The number of likely N-dealkylation sites (N-methyl/N-ethyl adjacent to an activating group) is 2. The van der Waals surface area contributed by atoms with Crippen molar-refractivity contribution in [1.82, 2.24) is 15.5 Å². The summed E-state index contributed by atoms with van der Waals surface area (Å²) in [7, 11) is 3.83. The third kappa shape index (κ3) is 6.75. The van der Waals surface area contributed by atoms with Crippen LogP contribution in [0.1, 0.15) is 19.8 Å². The Labute approximate surface area is 92.2 Å². The molecule has 0 saturated heterocycles. The molecule has 86 valence electrons. The summed E-state index contributed by atoms with van der Waals surface area (Å²) in [5.74, 6) is 0.654. The molecule has 0 saturated carbocycles. The number of nitrogens with zero attached hydrogens (tertiary/aromatic N) is 3. The Morgan fingerprint density at radius 1 is 1.53 bits per heavy atom. The average Bonchev–Trinajstić information content (AvgIpc) is 2.25. The summed E-state index contributed by atoms with van der Waals surface area (Å²) in [4.78, 5) is 6.28. The van der Waals surface area contributed by atoms with E-state index in [4.69, 9.17) is 5.26 Å². The fourth-order valence-electron chi connectivity index (χ4n) is 1.03. The number of rotatable bonds is 6. The van der Waals surface area contributed by atoms with Gasteiger partial charge in [-0.1, -0.05) is 13.3 Å². The van der Waals surface area contributed by atoms with Crippen LogP contribution in [0.25, 0.3) is 0 Å². The van der Waals surface area contributed by atoms with Crippen molar-refractivity contribution < 1.29 is 0 Å². The number of hydrogen-bond acceptors (Lipinski definition) is 3. The number of hydrogen-bond donors (Lipinski definition) is 2. The molecule has 5 heteroatoms. The minimum atomic E-state index is 0.654. The molecule has 0 unspecified atom stereocenters. The zero-order valence-corrected chi connectivity index (χ0v) is 9.88. The van der Waals surface area contributed by atoms with Gasteiger partial charge in [-0.15, -0.1) is 0 Å². The molecule has 0 aliphatic heterocycles. The lowest BCUT2D eigenvalue weighted by Gasteiger charge is -2.19. The van der Waals surface area contributed by atoms with Gasteiger partial charge in [0.25, 0.3) is 0 Å². The van der Waals surface area contributed by atoms with Gasteiger partial charge >= 0.3 is 0 Å². The van der Waals surface area contributed by atoms with Crippen molar-refractivity contribution in [2.75, 3.05) is 33.7 Å². The Bertz CT molecular complexity index is 218. The Hall–Kier alpha value is -1.28. The maximum absolute atomic E-state index is 8.58. The van der Waals surface area contributed by atoms with Gasteiger partial charge in [0.2, 0.25) is 5.96 Å². The Morgan fingerprint density at radius 2 is 2.27 bits per heavy atom. The van der Waals surface area contributed by atoms with Crippen LogP contribution in [-0.2, 0) is 0 Å². The van der Waals surface area contributed by atoms with Gasteiger partial charge in [-0.05, 0) is 13.5 Å². The van der Waals surface area contributed by atoms with Crippen LogP contribution in [0.2, 0.25) is 0 Å². The van der Waals surface area contributed by atoms with Crippen molar-refractivity contribution in [2.45, 2.75) is 19.8 Å². The van der Waals surface area contributed by atoms with Crippen molar-refractivity contribution in [2.24, 2.45) is 4.99 Å². The first kappa shape index (κ1) is 13.7. The smallest absolute Gasteiger partial charge is 0.207 e. The van der Waals surface area contributed by atoms with E-state index in [0.717, 1.165) is 32.5 Å². The highest BCUT2D eigenvalue weighted by Gasteiger charge is 2.03. The van der Waals surface area contributed by atoms with Crippen molar-refractivity contribution >= 4 is 5.96 Å². The largest absolute Gasteiger partial charge is 0.344 e. The first-order valence-corrected chi connectivity index (χ1v) is 5.31. The molecular formula is C10H21N5. The molecule has 2 N–H and O–H groups in total. The van der Waals surface area contributed by atoms with E-state index in [0.29, 0.717) is 5.96 Å². The van der Waals surface area contributed by atoms with E-state index in [1.165, 1.54) is 0 Å². The topological polar surface area (TPSA) is 63.5 Å². The molecular weight excluding hydrogens is 190 g/mol. The minimum Gasteiger partial charge on any atom is -0.344 e. The van der Waals surface area contributed by atoms with Crippen molar-refractivity contribution in [3.63, 3.8) is 0 Å². The summed E-state index contributed by atoms with van der Waals surface area (Å²) in [5, 5.41) is 14.2. The lowest BCUT2D eigenvalue weighted by molar-refractivity contribution is 0.481. The molecule has 0 spiro atoms. The van der Waals surface area contributed by atoms with E-state index >= 15 is 0 Å². The number of nitriles is 1. The molecule has 5 nitrogen and oxygen atoms in total. The number of guanidine groups is 1. The molecule has 15 heavy (non-hydrogen) atoms. The first-order chi connectivity index (χ1) is 7.26. The highest BCUT2D eigenvalue weighted by atomic mass is 15.3. The van der Waals surface area contributed by atoms with Gasteiger partial charge in [0.1, 0.15) is 0 Å². The van der Waals surface area contributed by atoms with E-state index < -0.39 is 0 Å². The van der Waals surface area contributed by atoms with Crippen LogP contribution in [0.5, 0.6) is 0 Å². The van der Waals surface area contributed by atoms with E-state index in [9.17, 15) is 0 Å². The predicted molar refractivity (Wildman–Crippen MR) is 62.5 cm³/mol. The van der Waals surface area contributed by atoms with Crippen LogP contribution >= 0.6 is 0 Å². The lowest BCUT2D eigenvalue weighted by Crippen LogP contribution is -2.40. The highest BCUT2D eigenvalue weighted by molar-refractivity contribution is 5.81. The normalized spacial score (nSPS) is 10.9. The third-order valence-corrected chi connectivity index (χ3v) is 2.00. The molecule has 0 atom stereocenters. The van der Waals surface area contributed by atoms with Crippen molar-refractivity contribution in [1.29, 1.82) is 5.26 Å². The second-order valence-corrected chi connectivity index (χ2v) is 3.32. The minimum absolute atomic E-state index is 0.654. The summed E-state index contributed by atoms with van der Waals surface area (Å²) in [6.07, 6.45) is 4.08. The second-order valence-electron chi connectivity index (χ2n) is 3.32. The van der Waals surface area contributed by atoms with Gasteiger partial charge in [-0.2, -0.15) is 5.26 Å². The fourth-order valence-corrected chi connectivity index (χ4v) is 1.03. The summed E-state index contributed by atoms with van der Waals surface area (Å²) < 4.78 is 0. The van der Waals surface area contributed by atoms with Gasteiger partial charge in [0.15, 0.2) is 6.19 Å². The van der Waals surface area contributed by atoms with E-state index in [1.54, 1.807) is 0 Å². The molecule has 0 bridgehead atoms. The molecule has 0 rings (SSSR count). The van der Waals surface area contributed by atoms with Gasteiger partial charge in [0.05, 0.1) is 0 Å². The molecule has 0 radical (unpaired) electrons. The molecule has 0 fully saturated rings. The summed E-state index contributed by atoms with van der Waals surface area (Å²) in [6.45, 7) is 4.59. The predicted octanol–water partition coefficient (Wildman–Crippen LogP) is 0.364. The van der Waals surface area contributed by atoms with Crippen LogP contribution in [0, 0.1) is 11.5 Å². The van der Waals surface area contributed by atoms with Crippen LogP contribution < -0.4 is 10.6 Å². The van der Waals surface area contributed by atoms with Gasteiger partial charge < -0.3 is 10.2 Å². The average molecular weight is 211 g/mol. The summed E-state index contributed by atoms with van der Waals surface area (Å²) in [6, 6.07) is 0. The maximum Gasteiger partial charge on any atom is 0.207 e. The Balaban J connectivity index is 4.11. The van der Waals surface area contributed by atoms with Gasteiger partial charge in [0, 0.05) is 26.7 Å². The van der Waals surface area contributed by atoms with Crippen LogP contribution in [0.15, 0.2) is 4.99 Å². The number of aliphatic imine (C=N–C) groups is 1. The number of nitrogens with one attached hydrogen (secondary N) is 2. The maximum atomic E-state index is 8.58. The van der Waals surface area contributed by atoms with Crippen LogP contribution in [0.4, 0.5) is 0 Å². The molecule has 0 aromatic carbocycles. The van der Waals surface area contributed by atoms with Gasteiger partial charge in [-0.3, -0.25) is 10.3 Å². The number of unbranched alkanes of at least 4 members (excludes halogenated alkanes) is 1. The SMILES string of the molecule is CCCCN=C(NC#N)N(C)CCNC. The monoisotopic (exact) mass is 211 g/mol.